The lowest BCUT2D eigenvalue weighted by Crippen LogP contribution is -2.12. The molecule has 98 valence electrons. The van der Waals surface area contributed by atoms with Crippen molar-refractivity contribution < 1.29 is 13.5 Å². The van der Waals surface area contributed by atoms with Crippen molar-refractivity contribution in [2.24, 2.45) is 5.73 Å². The Balaban J connectivity index is 2.42. The van der Waals surface area contributed by atoms with E-state index in [-0.39, 0.29) is 17.3 Å². The number of nitrogens with one attached hydrogen (secondary N) is 1. The molecule has 0 bridgehead atoms. The van der Waals surface area contributed by atoms with Crippen molar-refractivity contribution in [1.29, 1.82) is 5.41 Å². The van der Waals surface area contributed by atoms with Crippen LogP contribution in [0.25, 0.3) is 0 Å². The van der Waals surface area contributed by atoms with Crippen LogP contribution >= 0.6 is 0 Å². The van der Waals surface area contributed by atoms with Crippen LogP contribution in [0.1, 0.15) is 11.1 Å². The number of rotatable bonds is 3. The van der Waals surface area contributed by atoms with Gasteiger partial charge in [0, 0.05) is 6.07 Å². The van der Waals surface area contributed by atoms with E-state index >= 15 is 0 Å². The maximum Gasteiger partial charge on any atom is 0.168 e. The largest absolute Gasteiger partial charge is 0.454 e. The van der Waals surface area contributed by atoms with Gasteiger partial charge in [-0.3, -0.25) is 5.41 Å². The fraction of sp³-hybridized carbons (Fsp3) is 0.0714. The molecular weight excluding hydrogens is 250 g/mol. The molecule has 0 heterocycles. The molecule has 2 aromatic rings. The van der Waals surface area contributed by atoms with Gasteiger partial charge in [-0.1, -0.05) is 6.07 Å². The molecule has 0 aliphatic heterocycles. The van der Waals surface area contributed by atoms with Crippen molar-refractivity contribution in [3.8, 4) is 11.5 Å². The molecule has 0 radical (unpaired) electrons. The third kappa shape index (κ3) is 2.88. The summed E-state index contributed by atoms with van der Waals surface area (Å²) in [6, 6.07) is 8.05. The van der Waals surface area contributed by atoms with E-state index in [2.05, 4.69) is 0 Å². The van der Waals surface area contributed by atoms with Crippen molar-refractivity contribution in [3.63, 3.8) is 0 Å². The first-order valence-electron chi connectivity index (χ1n) is 5.55. The van der Waals surface area contributed by atoms with Gasteiger partial charge >= 0.3 is 0 Å². The molecule has 2 rings (SSSR count). The maximum atomic E-state index is 13.5. The van der Waals surface area contributed by atoms with Gasteiger partial charge in [-0.25, -0.2) is 8.78 Å². The molecular formula is C14H12F2N2O. The highest BCUT2D eigenvalue weighted by atomic mass is 19.1. The first kappa shape index (κ1) is 13.0. The summed E-state index contributed by atoms with van der Waals surface area (Å²) in [5.41, 5.74) is 6.66. The summed E-state index contributed by atoms with van der Waals surface area (Å²) in [6.07, 6.45) is 0. The van der Waals surface area contributed by atoms with Crippen LogP contribution in [-0.4, -0.2) is 5.84 Å². The van der Waals surface area contributed by atoms with Crippen molar-refractivity contribution in [2.75, 3.05) is 0 Å². The number of hydrogen-bond acceptors (Lipinski definition) is 2. The van der Waals surface area contributed by atoms with E-state index < -0.39 is 11.6 Å². The number of benzene rings is 2. The molecule has 0 amide bonds. The molecule has 0 unspecified atom stereocenters. The summed E-state index contributed by atoms with van der Waals surface area (Å²) in [6.45, 7) is 1.83. The zero-order valence-corrected chi connectivity index (χ0v) is 10.2. The van der Waals surface area contributed by atoms with Gasteiger partial charge in [0.25, 0.3) is 0 Å². The Morgan fingerprint density at radius 1 is 1.11 bits per heavy atom. The maximum absolute atomic E-state index is 13.5. The Hall–Kier alpha value is -2.43. The highest BCUT2D eigenvalue weighted by molar-refractivity contribution is 5.97. The third-order valence-corrected chi connectivity index (χ3v) is 2.54. The lowest BCUT2D eigenvalue weighted by atomic mass is 10.1. The van der Waals surface area contributed by atoms with E-state index in [9.17, 15) is 8.78 Å². The van der Waals surface area contributed by atoms with E-state index in [0.717, 1.165) is 17.7 Å². The Morgan fingerprint density at radius 3 is 2.47 bits per heavy atom. The summed E-state index contributed by atoms with van der Waals surface area (Å²) < 4.78 is 31.7. The van der Waals surface area contributed by atoms with E-state index in [4.69, 9.17) is 15.9 Å². The molecule has 0 fully saturated rings. The number of hydrogen-bond donors (Lipinski definition) is 2. The number of nitrogen functional groups attached to an aromatic ring is 1. The average molecular weight is 262 g/mol. The number of halogens is 2. The highest BCUT2D eigenvalue weighted by Crippen LogP contribution is 2.28. The van der Waals surface area contributed by atoms with Gasteiger partial charge in [-0.2, -0.15) is 0 Å². The van der Waals surface area contributed by atoms with E-state index in [1.165, 1.54) is 6.07 Å². The molecule has 0 aromatic heterocycles. The Morgan fingerprint density at radius 2 is 1.84 bits per heavy atom. The van der Waals surface area contributed by atoms with Crippen LogP contribution in [0.15, 0.2) is 36.4 Å². The van der Waals surface area contributed by atoms with Gasteiger partial charge < -0.3 is 10.5 Å². The number of nitrogens with two attached hydrogens (primary N) is 1. The lowest BCUT2D eigenvalue weighted by Gasteiger charge is -2.11. The van der Waals surface area contributed by atoms with E-state index in [0.29, 0.717) is 5.56 Å². The molecule has 19 heavy (non-hydrogen) atoms. The van der Waals surface area contributed by atoms with Crippen LogP contribution in [0.4, 0.5) is 8.78 Å². The summed E-state index contributed by atoms with van der Waals surface area (Å²) in [7, 11) is 0. The average Bonchev–Trinajstić information content (AvgIpc) is 2.32. The topological polar surface area (TPSA) is 59.1 Å². The van der Waals surface area contributed by atoms with E-state index in [1.54, 1.807) is 18.2 Å². The predicted octanol–water partition coefficient (Wildman–Crippen LogP) is 3.35. The Labute approximate surface area is 109 Å². The summed E-state index contributed by atoms with van der Waals surface area (Å²) in [5.74, 6) is -1.53. The second-order valence-corrected chi connectivity index (χ2v) is 4.09. The predicted molar refractivity (Wildman–Crippen MR) is 68.6 cm³/mol. The minimum absolute atomic E-state index is 0.116. The number of aryl methyl sites for hydroxylation is 1. The quantitative estimate of drug-likeness (QED) is 0.658. The summed E-state index contributed by atoms with van der Waals surface area (Å²) >= 11 is 0. The minimum atomic E-state index is -0.809. The lowest BCUT2D eigenvalue weighted by molar-refractivity contribution is 0.436. The fourth-order valence-electron chi connectivity index (χ4n) is 1.61. The highest BCUT2D eigenvalue weighted by Gasteiger charge is 2.11. The molecule has 0 aliphatic rings. The van der Waals surface area contributed by atoms with Gasteiger partial charge in [-0.15, -0.1) is 0 Å². The van der Waals surface area contributed by atoms with Gasteiger partial charge in [0.2, 0.25) is 0 Å². The fourth-order valence-corrected chi connectivity index (χ4v) is 1.61. The standard InChI is InChI=1S/C14H12F2N2O/c1-8-2-4-10(14(17)18)13(6-8)19-12-5-3-9(15)7-11(12)16/h2-7H,1H3,(H3,17,18). The van der Waals surface area contributed by atoms with Crippen molar-refractivity contribution >= 4 is 5.84 Å². The normalized spacial score (nSPS) is 10.3. The van der Waals surface area contributed by atoms with Gasteiger partial charge in [0.15, 0.2) is 11.6 Å². The smallest absolute Gasteiger partial charge is 0.168 e. The first-order chi connectivity index (χ1) is 8.97. The molecule has 0 saturated heterocycles. The van der Waals surface area contributed by atoms with Crippen LogP contribution in [0.2, 0.25) is 0 Å². The molecule has 0 spiro atoms. The first-order valence-corrected chi connectivity index (χ1v) is 5.55. The SMILES string of the molecule is Cc1ccc(C(=N)N)c(Oc2ccc(F)cc2F)c1. The number of amidine groups is 1. The molecule has 0 aliphatic carbocycles. The third-order valence-electron chi connectivity index (χ3n) is 2.54. The Kier molecular flexibility index (Phi) is 3.46. The minimum Gasteiger partial charge on any atom is -0.454 e. The monoisotopic (exact) mass is 262 g/mol. The van der Waals surface area contributed by atoms with Crippen molar-refractivity contribution in [2.45, 2.75) is 6.92 Å². The van der Waals surface area contributed by atoms with Crippen LogP contribution in [-0.2, 0) is 0 Å². The van der Waals surface area contributed by atoms with E-state index in [1.807, 2.05) is 6.92 Å². The van der Waals surface area contributed by atoms with Crippen LogP contribution in [0, 0.1) is 24.0 Å². The second-order valence-electron chi connectivity index (χ2n) is 4.09. The zero-order chi connectivity index (χ0) is 14.0. The zero-order valence-electron chi connectivity index (χ0n) is 10.2. The van der Waals surface area contributed by atoms with Gasteiger partial charge in [0.05, 0.1) is 5.56 Å². The Bertz CT molecular complexity index is 641. The molecule has 3 N–H and O–H groups in total. The molecule has 0 saturated carbocycles. The van der Waals surface area contributed by atoms with Crippen LogP contribution in [0.5, 0.6) is 11.5 Å². The number of ether oxygens (including phenoxy) is 1. The van der Waals surface area contributed by atoms with Crippen LogP contribution < -0.4 is 10.5 Å². The summed E-state index contributed by atoms with van der Waals surface area (Å²) in [5, 5.41) is 7.44. The molecule has 0 atom stereocenters. The summed E-state index contributed by atoms with van der Waals surface area (Å²) in [4.78, 5) is 0. The second kappa shape index (κ2) is 5.06. The molecule has 2 aromatic carbocycles. The van der Waals surface area contributed by atoms with Gasteiger partial charge in [-0.05, 0) is 36.8 Å². The van der Waals surface area contributed by atoms with Gasteiger partial charge in [0.1, 0.15) is 17.4 Å². The van der Waals surface area contributed by atoms with Crippen LogP contribution in [0.3, 0.4) is 0 Å². The van der Waals surface area contributed by atoms with Crippen molar-refractivity contribution in [3.05, 3.63) is 59.2 Å². The molecule has 3 nitrogen and oxygen atoms in total. The molecule has 5 heteroatoms. The van der Waals surface area contributed by atoms with Crippen molar-refractivity contribution in [1.82, 2.24) is 0 Å².